The van der Waals surface area contributed by atoms with Gasteiger partial charge in [0.2, 0.25) is 0 Å². The molecule has 0 bridgehead atoms. The maximum atomic E-state index is 13.4. The third-order valence-corrected chi connectivity index (χ3v) is 5.10. The van der Waals surface area contributed by atoms with Gasteiger partial charge in [-0.05, 0) is 58.4 Å². The molecule has 0 radical (unpaired) electrons. The van der Waals surface area contributed by atoms with Crippen molar-refractivity contribution in [2.75, 3.05) is 6.61 Å². The molecule has 0 spiro atoms. The number of ether oxygens (including phenoxy) is 2. The van der Waals surface area contributed by atoms with E-state index in [2.05, 4.69) is 42.4 Å². The Morgan fingerprint density at radius 2 is 1.91 bits per heavy atom. The van der Waals surface area contributed by atoms with Crippen LogP contribution in [0.2, 0.25) is 0 Å². The van der Waals surface area contributed by atoms with Crippen LogP contribution in [-0.2, 0) is 4.79 Å². The number of rotatable bonds is 7. The summed E-state index contributed by atoms with van der Waals surface area (Å²) in [6.07, 6.45) is 1.28. The van der Waals surface area contributed by atoms with E-state index < -0.39 is 17.7 Å². The summed E-state index contributed by atoms with van der Waals surface area (Å²) in [4.78, 5) is 24.5. The lowest BCUT2D eigenvalue weighted by Gasteiger charge is -2.11. The number of esters is 1. The Kier molecular flexibility index (Phi) is 8.29. The summed E-state index contributed by atoms with van der Waals surface area (Å²) in [7, 11) is 0. The molecule has 7 nitrogen and oxygen atoms in total. The molecule has 3 rings (SSSR count). The number of halogens is 3. The van der Waals surface area contributed by atoms with Crippen molar-refractivity contribution < 1.29 is 23.5 Å². The summed E-state index contributed by atoms with van der Waals surface area (Å²) < 4.78 is 25.3. The topological polar surface area (TPSA) is 101 Å². The van der Waals surface area contributed by atoms with Gasteiger partial charge in [-0.15, -0.1) is 0 Å². The summed E-state index contributed by atoms with van der Waals surface area (Å²) in [5.74, 6) is -1.48. The molecule has 0 aliphatic carbocycles. The number of amides is 1. The van der Waals surface area contributed by atoms with Gasteiger partial charge < -0.3 is 9.47 Å². The van der Waals surface area contributed by atoms with Gasteiger partial charge in [0.15, 0.2) is 12.4 Å². The Hall–Kier alpha value is -3.55. The highest BCUT2D eigenvalue weighted by atomic mass is 79.9. The standard InChI is InChI=1S/C23H14Br2FN3O4/c24-17-8-16(12-28-29-21(30)13-32-20-7-2-1-4-15(20)11-27)22(19(25)10-17)33-23(31)14-5-3-6-18(26)9-14/h1-10,12H,13H2,(H,29,30)/b28-12+. The first-order valence-corrected chi connectivity index (χ1v) is 10.9. The van der Waals surface area contributed by atoms with Gasteiger partial charge in [0, 0.05) is 10.0 Å². The molecular formula is C23H14Br2FN3O4. The van der Waals surface area contributed by atoms with Gasteiger partial charge in [-0.3, -0.25) is 4.79 Å². The molecule has 0 saturated heterocycles. The quantitative estimate of drug-likeness (QED) is 0.186. The Morgan fingerprint density at radius 3 is 2.67 bits per heavy atom. The molecule has 166 valence electrons. The van der Waals surface area contributed by atoms with Crippen molar-refractivity contribution in [3.05, 3.63) is 92.1 Å². The maximum absolute atomic E-state index is 13.4. The van der Waals surface area contributed by atoms with Crippen LogP contribution in [0.25, 0.3) is 0 Å². The number of hydrogen-bond acceptors (Lipinski definition) is 6. The van der Waals surface area contributed by atoms with Crippen LogP contribution >= 0.6 is 31.9 Å². The molecule has 10 heteroatoms. The molecule has 33 heavy (non-hydrogen) atoms. The Balaban J connectivity index is 1.69. The highest BCUT2D eigenvalue weighted by Gasteiger charge is 2.16. The van der Waals surface area contributed by atoms with Crippen LogP contribution in [0.3, 0.4) is 0 Å². The fraction of sp³-hybridized carbons (Fsp3) is 0.0435. The molecule has 0 aromatic heterocycles. The van der Waals surface area contributed by atoms with Gasteiger partial charge in [0.25, 0.3) is 5.91 Å². The van der Waals surface area contributed by atoms with Crippen molar-refractivity contribution in [2.45, 2.75) is 0 Å². The number of nitriles is 1. The predicted octanol–water partition coefficient (Wildman–Crippen LogP) is 4.97. The zero-order valence-electron chi connectivity index (χ0n) is 16.7. The Morgan fingerprint density at radius 1 is 1.12 bits per heavy atom. The average molecular weight is 575 g/mol. The number of hydrazone groups is 1. The van der Waals surface area contributed by atoms with Crippen molar-refractivity contribution in [3.8, 4) is 17.6 Å². The van der Waals surface area contributed by atoms with Crippen LogP contribution in [0.15, 0.2) is 74.7 Å². The van der Waals surface area contributed by atoms with Gasteiger partial charge in [0.1, 0.15) is 17.6 Å². The second kappa shape index (κ2) is 11.4. The predicted molar refractivity (Wildman–Crippen MR) is 126 cm³/mol. The lowest BCUT2D eigenvalue weighted by molar-refractivity contribution is -0.123. The molecule has 0 saturated carbocycles. The average Bonchev–Trinajstić information content (AvgIpc) is 2.79. The van der Waals surface area contributed by atoms with Gasteiger partial charge in [-0.1, -0.05) is 34.1 Å². The van der Waals surface area contributed by atoms with Gasteiger partial charge in [-0.25, -0.2) is 14.6 Å². The number of nitrogens with zero attached hydrogens (tertiary/aromatic N) is 2. The number of nitrogens with one attached hydrogen (secondary N) is 1. The first kappa shape index (κ1) is 24.1. The van der Waals surface area contributed by atoms with E-state index in [1.807, 2.05) is 6.07 Å². The van der Waals surface area contributed by atoms with E-state index in [1.54, 1.807) is 36.4 Å². The number of hydrogen-bond donors (Lipinski definition) is 1. The highest BCUT2D eigenvalue weighted by Crippen LogP contribution is 2.32. The SMILES string of the molecule is N#Cc1ccccc1OCC(=O)N/N=C/c1cc(Br)cc(Br)c1OC(=O)c1cccc(F)c1. The third kappa shape index (κ3) is 6.71. The first-order chi connectivity index (χ1) is 15.9. The molecular weight excluding hydrogens is 561 g/mol. The van der Waals surface area contributed by atoms with E-state index >= 15 is 0 Å². The Bertz CT molecular complexity index is 1270. The zero-order chi connectivity index (χ0) is 23.8. The molecule has 0 unspecified atom stereocenters. The number of carbonyl (C=O) groups excluding carboxylic acids is 2. The summed E-state index contributed by atoms with van der Waals surface area (Å²) in [6.45, 7) is -0.361. The molecule has 1 amide bonds. The molecule has 1 N–H and O–H groups in total. The van der Waals surface area contributed by atoms with E-state index in [4.69, 9.17) is 14.7 Å². The minimum absolute atomic E-state index is 0.0378. The van der Waals surface area contributed by atoms with Crippen LogP contribution < -0.4 is 14.9 Å². The Labute approximate surface area is 205 Å². The van der Waals surface area contributed by atoms with E-state index in [9.17, 15) is 14.0 Å². The molecule has 0 heterocycles. The lowest BCUT2D eigenvalue weighted by Crippen LogP contribution is -2.24. The summed E-state index contributed by atoms with van der Waals surface area (Å²) >= 11 is 6.66. The van der Waals surface area contributed by atoms with Crippen molar-refractivity contribution >= 4 is 50.0 Å². The smallest absolute Gasteiger partial charge is 0.343 e. The van der Waals surface area contributed by atoms with Crippen LogP contribution in [0.1, 0.15) is 21.5 Å². The van der Waals surface area contributed by atoms with Gasteiger partial charge in [-0.2, -0.15) is 10.4 Å². The monoisotopic (exact) mass is 573 g/mol. The van der Waals surface area contributed by atoms with Crippen LogP contribution in [0.4, 0.5) is 4.39 Å². The normalized spacial score (nSPS) is 10.5. The minimum atomic E-state index is -0.763. The largest absolute Gasteiger partial charge is 0.482 e. The summed E-state index contributed by atoms with van der Waals surface area (Å²) in [6, 6.07) is 16.9. The number of carbonyl (C=O) groups is 2. The minimum Gasteiger partial charge on any atom is -0.482 e. The molecule has 0 aliphatic heterocycles. The summed E-state index contributed by atoms with van der Waals surface area (Å²) in [5.41, 5.74) is 3.00. The third-order valence-electron chi connectivity index (χ3n) is 4.05. The van der Waals surface area contributed by atoms with E-state index in [0.29, 0.717) is 20.1 Å². The second-order valence-corrected chi connectivity index (χ2v) is 8.17. The highest BCUT2D eigenvalue weighted by molar-refractivity contribution is 9.11. The van der Waals surface area contributed by atoms with Gasteiger partial charge in [0.05, 0.1) is 21.8 Å². The zero-order valence-corrected chi connectivity index (χ0v) is 19.9. The van der Waals surface area contributed by atoms with Crippen molar-refractivity contribution in [1.82, 2.24) is 5.43 Å². The van der Waals surface area contributed by atoms with Crippen molar-refractivity contribution in [3.63, 3.8) is 0 Å². The fourth-order valence-electron chi connectivity index (χ4n) is 2.59. The van der Waals surface area contributed by atoms with Crippen molar-refractivity contribution in [2.24, 2.45) is 5.10 Å². The molecule has 3 aromatic carbocycles. The summed E-state index contributed by atoms with van der Waals surface area (Å²) in [5, 5.41) is 12.9. The molecule has 3 aromatic rings. The van der Waals surface area contributed by atoms with E-state index in [0.717, 1.165) is 6.07 Å². The maximum Gasteiger partial charge on any atom is 0.343 e. The number of benzene rings is 3. The molecule has 0 fully saturated rings. The first-order valence-electron chi connectivity index (χ1n) is 9.28. The van der Waals surface area contributed by atoms with Crippen LogP contribution in [0.5, 0.6) is 11.5 Å². The van der Waals surface area contributed by atoms with Crippen LogP contribution in [0, 0.1) is 17.1 Å². The number of para-hydroxylation sites is 1. The fourth-order valence-corrected chi connectivity index (χ4v) is 3.92. The lowest BCUT2D eigenvalue weighted by atomic mass is 10.2. The molecule has 0 atom stereocenters. The molecule has 0 aliphatic rings. The second-order valence-electron chi connectivity index (χ2n) is 6.40. The van der Waals surface area contributed by atoms with Gasteiger partial charge >= 0.3 is 5.97 Å². The van der Waals surface area contributed by atoms with E-state index in [-0.39, 0.29) is 23.7 Å². The van der Waals surface area contributed by atoms with Crippen LogP contribution in [-0.4, -0.2) is 24.7 Å². The van der Waals surface area contributed by atoms with Crippen molar-refractivity contribution in [1.29, 1.82) is 5.26 Å². The van der Waals surface area contributed by atoms with E-state index in [1.165, 1.54) is 24.4 Å².